The summed E-state index contributed by atoms with van der Waals surface area (Å²) in [6.07, 6.45) is 0.866. The van der Waals surface area contributed by atoms with Crippen LogP contribution in [0.4, 0.5) is 0 Å². The molecule has 0 spiro atoms. The van der Waals surface area contributed by atoms with E-state index in [9.17, 15) is 18.0 Å². The van der Waals surface area contributed by atoms with E-state index in [2.05, 4.69) is 12.0 Å². The molecule has 0 aromatic rings. The minimum atomic E-state index is -3.11. The monoisotopic (exact) mass is 357 g/mol. The van der Waals surface area contributed by atoms with Crippen molar-refractivity contribution in [3.63, 3.8) is 0 Å². The minimum Gasteiger partial charge on any atom is -0.380 e. The summed E-state index contributed by atoms with van der Waals surface area (Å²) >= 11 is 0. The van der Waals surface area contributed by atoms with E-state index in [0.29, 0.717) is 38.3 Å². The van der Waals surface area contributed by atoms with Gasteiger partial charge in [0.05, 0.1) is 30.8 Å². The Morgan fingerprint density at radius 1 is 1.42 bits per heavy atom. The average molecular weight is 357 g/mol. The second-order valence-electron chi connectivity index (χ2n) is 7.31. The zero-order chi connectivity index (χ0) is 17.5. The van der Waals surface area contributed by atoms with Crippen molar-refractivity contribution >= 4 is 27.4 Å². The third-order valence-corrected chi connectivity index (χ3v) is 6.48. The summed E-state index contributed by atoms with van der Waals surface area (Å²) in [6, 6.07) is -0.451. The molecule has 134 valence electrons. The van der Waals surface area contributed by atoms with Crippen LogP contribution in [-0.4, -0.2) is 80.2 Å². The van der Waals surface area contributed by atoms with Crippen molar-refractivity contribution in [2.45, 2.75) is 32.2 Å². The Morgan fingerprint density at radius 2 is 2.12 bits per heavy atom. The molecule has 8 nitrogen and oxygen atoms in total. The van der Waals surface area contributed by atoms with E-state index >= 15 is 0 Å². The normalized spacial score (nSPS) is 28.2. The molecule has 0 saturated carbocycles. The predicted molar refractivity (Wildman–Crippen MR) is 87.1 cm³/mol. The first kappa shape index (κ1) is 17.3. The Morgan fingerprint density at radius 3 is 2.67 bits per heavy atom. The van der Waals surface area contributed by atoms with Crippen LogP contribution in [0.25, 0.3) is 0 Å². The molecule has 0 aliphatic carbocycles. The molecule has 9 heteroatoms. The number of carbonyl (C=O) groups is 2. The lowest BCUT2D eigenvalue weighted by atomic mass is 9.88. The number of ether oxygens (including phenoxy) is 1. The van der Waals surface area contributed by atoms with E-state index in [1.54, 1.807) is 11.9 Å². The lowest BCUT2D eigenvalue weighted by molar-refractivity contribution is -0.137. The molecule has 3 rings (SSSR count). The van der Waals surface area contributed by atoms with E-state index in [1.165, 1.54) is 5.01 Å². The highest BCUT2D eigenvalue weighted by Crippen LogP contribution is 2.28. The van der Waals surface area contributed by atoms with Gasteiger partial charge in [0.15, 0.2) is 9.84 Å². The van der Waals surface area contributed by atoms with Gasteiger partial charge >= 0.3 is 0 Å². The summed E-state index contributed by atoms with van der Waals surface area (Å²) in [7, 11) is -1.40. The van der Waals surface area contributed by atoms with Crippen LogP contribution in [-0.2, 0) is 24.2 Å². The first-order chi connectivity index (χ1) is 11.2. The van der Waals surface area contributed by atoms with Crippen LogP contribution in [0.15, 0.2) is 5.10 Å². The van der Waals surface area contributed by atoms with E-state index < -0.39 is 15.9 Å². The molecule has 0 radical (unpaired) electrons. The lowest BCUT2D eigenvalue weighted by Gasteiger charge is -2.41. The van der Waals surface area contributed by atoms with Crippen LogP contribution >= 0.6 is 0 Å². The molecule has 2 fully saturated rings. The molecule has 3 heterocycles. The van der Waals surface area contributed by atoms with Crippen LogP contribution in [0.2, 0.25) is 0 Å². The van der Waals surface area contributed by atoms with Gasteiger partial charge in [-0.15, -0.1) is 0 Å². The van der Waals surface area contributed by atoms with Crippen LogP contribution in [0, 0.1) is 5.41 Å². The molecule has 2 saturated heterocycles. The summed E-state index contributed by atoms with van der Waals surface area (Å²) in [5.41, 5.74) is 0.291. The van der Waals surface area contributed by atoms with Gasteiger partial charge in [0, 0.05) is 31.8 Å². The lowest BCUT2D eigenvalue weighted by Crippen LogP contribution is -2.51. The van der Waals surface area contributed by atoms with Gasteiger partial charge in [-0.3, -0.25) is 9.59 Å². The quantitative estimate of drug-likeness (QED) is 0.685. The van der Waals surface area contributed by atoms with Gasteiger partial charge in [-0.1, -0.05) is 6.92 Å². The average Bonchev–Trinajstić information content (AvgIpc) is 2.85. The Kier molecular flexibility index (Phi) is 4.41. The fourth-order valence-electron chi connectivity index (χ4n) is 3.39. The zero-order valence-electron chi connectivity index (χ0n) is 14.0. The smallest absolute Gasteiger partial charge is 0.269 e. The van der Waals surface area contributed by atoms with Crippen LogP contribution < -0.4 is 0 Å². The van der Waals surface area contributed by atoms with Gasteiger partial charge in [0.25, 0.3) is 5.91 Å². The maximum Gasteiger partial charge on any atom is 0.269 e. The Balaban J connectivity index is 1.71. The summed E-state index contributed by atoms with van der Waals surface area (Å²) in [5, 5.41) is 5.44. The topological polar surface area (TPSA) is 96.3 Å². The highest BCUT2D eigenvalue weighted by atomic mass is 32.2. The van der Waals surface area contributed by atoms with E-state index in [1.807, 2.05) is 0 Å². The number of sulfone groups is 1. The fourth-order valence-corrected chi connectivity index (χ4v) is 5.08. The van der Waals surface area contributed by atoms with Crippen LogP contribution in [0.1, 0.15) is 26.2 Å². The predicted octanol–water partition coefficient (Wildman–Crippen LogP) is -0.353. The molecule has 0 aromatic carbocycles. The van der Waals surface area contributed by atoms with E-state index in [-0.39, 0.29) is 35.2 Å². The van der Waals surface area contributed by atoms with Crippen molar-refractivity contribution in [1.82, 2.24) is 9.91 Å². The molecule has 0 N–H and O–H groups in total. The summed E-state index contributed by atoms with van der Waals surface area (Å²) < 4.78 is 28.5. The van der Waals surface area contributed by atoms with Crippen molar-refractivity contribution in [3.8, 4) is 0 Å². The molecule has 1 atom stereocenters. The van der Waals surface area contributed by atoms with Crippen LogP contribution in [0.3, 0.4) is 0 Å². The highest BCUT2D eigenvalue weighted by Gasteiger charge is 2.39. The first-order valence-electron chi connectivity index (χ1n) is 8.12. The minimum absolute atomic E-state index is 0.0331. The third-order valence-electron chi connectivity index (χ3n) is 4.73. The number of rotatable bonds is 4. The maximum absolute atomic E-state index is 12.6. The van der Waals surface area contributed by atoms with Gasteiger partial charge in [-0.2, -0.15) is 5.10 Å². The van der Waals surface area contributed by atoms with Crippen molar-refractivity contribution in [2.24, 2.45) is 10.5 Å². The molecule has 24 heavy (non-hydrogen) atoms. The maximum atomic E-state index is 12.6. The summed E-state index contributed by atoms with van der Waals surface area (Å²) in [5.74, 6) is -0.426. The second-order valence-corrected chi connectivity index (χ2v) is 9.54. The molecule has 3 aliphatic heterocycles. The van der Waals surface area contributed by atoms with Gasteiger partial charge in [0.1, 0.15) is 5.71 Å². The first-order valence-corrected chi connectivity index (χ1v) is 9.94. The number of amides is 2. The number of nitrogens with zero attached hydrogens (tertiary/aromatic N) is 3. The van der Waals surface area contributed by atoms with Crippen molar-refractivity contribution < 1.29 is 22.7 Å². The Hall–Kier alpha value is -1.48. The summed E-state index contributed by atoms with van der Waals surface area (Å²) in [4.78, 5) is 26.3. The van der Waals surface area contributed by atoms with E-state index in [0.717, 1.165) is 0 Å². The molecule has 0 aromatic heterocycles. The molecule has 2 amide bonds. The number of carbonyl (C=O) groups excluding carboxylic acids is 2. The number of hydrazone groups is 1. The zero-order valence-corrected chi connectivity index (χ0v) is 14.8. The van der Waals surface area contributed by atoms with Crippen molar-refractivity contribution in [1.29, 1.82) is 0 Å². The Bertz CT molecular complexity index is 683. The van der Waals surface area contributed by atoms with Gasteiger partial charge in [0.2, 0.25) is 5.91 Å². The molecular weight excluding hydrogens is 334 g/mol. The SMILES string of the molecule is CN(CC1(C)COC1)C(=O)C1=NN(C2CCS(=O)(=O)C2)C(=O)CC1. The Labute approximate surface area is 141 Å². The molecular formula is C15H23N3O5S. The highest BCUT2D eigenvalue weighted by molar-refractivity contribution is 7.91. The fraction of sp³-hybridized carbons (Fsp3) is 0.800. The van der Waals surface area contributed by atoms with Gasteiger partial charge < -0.3 is 9.64 Å². The van der Waals surface area contributed by atoms with Gasteiger partial charge in [-0.25, -0.2) is 13.4 Å². The standard InChI is InChI=1S/C15H23N3O5S/c1-15(9-23-10-15)8-17(2)14(20)12-3-4-13(19)18(16-12)11-5-6-24(21,22)7-11/h11H,3-10H2,1-2H3. The molecule has 1 unspecified atom stereocenters. The summed E-state index contributed by atoms with van der Waals surface area (Å²) in [6.45, 7) is 3.88. The van der Waals surface area contributed by atoms with Crippen molar-refractivity contribution in [3.05, 3.63) is 0 Å². The van der Waals surface area contributed by atoms with Crippen molar-refractivity contribution in [2.75, 3.05) is 38.3 Å². The molecule has 0 bridgehead atoms. The second kappa shape index (κ2) is 6.11. The largest absolute Gasteiger partial charge is 0.380 e. The third kappa shape index (κ3) is 3.46. The van der Waals surface area contributed by atoms with Crippen LogP contribution in [0.5, 0.6) is 0 Å². The number of hydrogen-bond acceptors (Lipinski definition) is 6. The van der Waals surface area contributed by atoms with E-state index in [4.69, 9.17) is 4.74 Å². The van der Waals surface area contributed by atoms with Gasteiger partial charge in [-0.05, 0) is 6.42 Å². The number of hydrogen-bond donors (Lipinski definition) is 0. The molecule has 3 aliphatic rings.